The molecule has 144 valence electrons. The van der Waals surface area contributed by atoms with Crippen molar-refractivity contribution in [3.8, 4) is 11.5 Å². The van der Waals surface area contributed by atoms with E-state index < -0.39 is 0 Å². The van der Waals surface area contributed by atoms with Crippen molar-refractivity contribution in [2.45, 2.75) is 25.7 Å². The minimum Gasteiger partial charge on any atom is -0.497 e. The number of nitrogens with zero attached hydrogens (tertiary/aromatic N) is 2. The van der Waals surface area contributed by atoms with E-state index in [1.165, 1.54) is 32.0 Å². The average Bonchev–Trinajstić information content (AvgIpc) is 3.14. The summed E-state index contributed by atoms with van der Waals surface area (Å²) < 4.78 is 10.4. The minimum absolute atomic E-state index is 0.0930. The molecule has 7 nitrogen and oxygen atoms in total. The number of nitrogens with one attached hydrogen (secondary N) is 1. The van der Waals surface area contributed by atoms with Crippen LogP contribution < -0.4 is 14.8 Å². The highest BCUT2D eigenvalue weighted by Crippen LogP contribution is 2.24. The Labute approximate surface area is 162 Å². The number of anilines is 1. The fraction of sp³-hybridized carbons (Fsp3) is 0.421. The van der Waals surface area contributed by atoms with Crippen LogP contribution in [0, 0.1) is 0 Å². The van der Waals surface area contributed by atoms with Crippen LogP contribution in [0.3, 0.4) is 0 Å². The van der Waals surface area contributed by atoms with Gasteiger partial charge in [0, 0.05) is 30.1 Å². The molecule has 1 N–H and O–H groups in total. The molecule has 3 rings (SSSR count). The molecule has 0 aliphatic carbocycles. The summed E-state index contributed by atoms with van der Waals surface area (Å²) in [6.07, 6.45) is 3.58. The highest BCUT2D eigenvalue weighted by Gasteiger charge is 2.18. The van der Waals surface area contributed by atoms with Crippen LogP contribution in [0.5, 0.6) is 11.5 Å². The van der Waals surface area contributed by atoms with Gasteiger partial charge in [-0.3, -0.25) is 14.9 Å². The van der Waals surface area contributed by atoms with E-state index in [2.05, 4.69) is 10.3 Å². The first-order valence-corrected chi connectivity index (χ1v) is 9.73. The maximum Gasteiger partial charge on any atom is 0.257 e. The second-order valence-electron chi connectivity index (χ2n) is 6.32. The van der Waals surface area contributed by atoms with Gasteiger partial charge in [0.05, 0.1) is 26.3 Å². The summed E-state index contributed by atoms with van der Waals surface area (Å²) in [5.41, 5.74) is 1.08. The van der Waals surface area contributed by atoms with Crippen LogP contribution in [0.1, 0.15) is 35.3 Å². The third-order valence-electron chi connectivity index (χ3n) is 4.43. The molecule has 1 saturated heterocycles. The molecule has 1 fully saturated rings. The number of likely N-dealkylation sites (tertiary alicyclic amines) is 1. The number of methoxy groups -OCH3 is 2. The summed E-state index contributed by atoms with van der Waals surface area (Å²) in [4.78, 5) is 31.1. The summed E-state index contributed by atoms with van der Waals surface area (Å²) in [6, 6.07) is 4.96. The number of aromatic nitrogens is 1. The number of ether oxygens (including phenoxy) is 2. The lowest BCUT2D eigenvalue weighted by Crippen LogP contribution is -2.36. The summed E-state index contributed by atoms with van der Waals surface area (Å²) in [5.74, 6) is 0.851. The van der Waals surface area contributed by atoms with E-state index in [-0.39, 0.29) is 18.2 Å². The number of carbonyl (C=O) groups is 2. The zero-order chi connectivity index (χ0) is 19.2. The Morgan fingerprint density at radius 2 is 1.78 bits per heavy atom. The van der Waals surface area contributed by atoms with Gasteiger partial charge in [0.15, 0.2) is 5.13 Å². The Balaban J connectivity index is 1.63. The molecule has 0 radical (unpaired) electrons. The third-order valence-corrected chi connectivity index (χ3v) is 5.23. The van der Waals surface area contributed by atoms with Crippen molar-refractivity contribution in [1.82, 2.24) is 9.88 Å². The fourth-order valence-corrected chi connectivity index (χ4v) is 3.67. The zero-order valence-electron chi connectivity index (χ0n) is 15.5. The Kier molecular flexibility index (Phi) is 6.28. The smallest absolute Gasteiger partial charge is 0.257 e. The fourth-order valence-electron chi connectivity index (χ4n) is 2.96. The summed E-state index contributed by atoms with van der Waals surface area (Å²) >= 11 is 1.30. The molecule has 1 aliphatic heterocycles. The van der Waals surface area contributed by atoms with Gasteiger partial charge in [-0.15, -0.1) is 11.3 Å². The predicted molar refractivity (Wildman–Crippen MR) is 104 cm³/mol. The van der Waals surface area contributed by atoms with E-state index in [1.54, 1.807) is 18.2 Å². The van der Waals surface area contributed by atoms with E-state index in [0.717, 1.165) is 25.9 Å². The molecule has 1 aromatic heterocycles. The summed E-state index contributed by atoms with van der Waals surface area (Å²) in [7, 11) is 3.06. The topological polar surface area (TPSA) is 80.8 Å². The maximum absolute atomic E-state index is 12.5. The molecule has 0 atom stereocenters. The van der Waals surface area contributed by atoms with E-state index in [1.807, 2.05) is 10.3 Å². The molecule has 2 aromatic rings. The molecule has 2 amide bonds. The van der Waals surface area contributed by atoms with Crippen molar-refractivity contribution >= 4 is 28.3 Å². The number of rotatable bonds is 6. The molecule has 0 unspecified atom stereocenters. The van der Waals surface area contributed by atoms with E-state index in [9.17, 15) is 9.59 Å². The van der Waals surface area contributed by atoms with Crippen molar-refractivity contribution in [1.29, 1.82) is 0 Å². The van der Waals surface area contributed by atoms with Gasteiger partial charge >= 0.3 is 0 Å². The molecule has 0 bridgehead atoms. The van der Waals surface area contributed by atoms with E-state index >= 15 is 0 Å². The Hall–Kier alpha value is -2.61. The average molecular weight is 389 g/mol. The molecule has 2 heterocycles. The number of carbonyl (C=O) groups excluding carboxylic acids is 2. The quantitative estimate of drug-likeness (QED) is 0.822. The maximum atomic E-state index is 12.5. The van der Waals surface area contributed by atoms with Gasteiger partial charge in [-0.25, -0.2) is 4.98 Å². The van der Waals surface area contributed by atoms with Crippen LogP contribution in [0.4, 0.5) is 5.13 Å². The van der Waals surface area contributed by atoms with E-state index in [0.29, 0.717) is 27.9 Å². The van der Waals surface area contributed by atoms with Crippen LogP contribution >= 0.6 is 11.3 Å². The largest absolute Gasteiger partial charge is 0.497 e. The lowest BCUT2D eigenvalue weighted by molar-refractivity contribution is -0.131. The van der Waals surface area contributed by atoms with E-state index in [4.69, 9.17) is 9.47 Å². The number of thiazole rings is 1. The summed E-state index contributed by atoms with van der Waals surface area (Å²) in [5, 5.41) is 5.04. The van der Waals surface area contributed by atoms with Gasteiger partial charge in [0.25, 0.3) is 5.91 Å². The molecule has 1 aliphatic rings. The normalized spacial score (nSPS) is 13.9. The van der Waals surface area contributed by atoms with Gasteiger partial charge in [0.2, 0.25) is 5.91 Å². The van der Waals surface area contributed by atoms with Crippen molar-refractivity contribution in [2.75, 3.05) is 32.6 Å². The predicted octanol–water partition coefficient (Wildman–Crippen LogP) is 2.97. The Morgan fingerprint density at radius 1 is 1.11 bits per heavy atom. The number of piperidine rings is 1. The van der Waals surface area contributed by atoms with Gasteiger partial charge < -0.3 is 14.4 Å². The lowest BCUT2D eigenvalue weighted by atomic mass is 10.1. The van der Waals surface area contributed by atoms with Crippen LogP contribution in [0.15, 0.2) is 23.6 Å². The Bertz CT molecular complexity index is 793. The molecule has 1 aromatic carbocycles. The third kappa shape index (κ3) is 4.97. The minimum atomic E-state index is -0.310. The van der Waals surface area contributed by atoms with Gasteiger partial charge in [-0.1, -0.05) is 0 Å². The van der Waals surface area contributed by atoms with Crippen LogP contribution in [-0.2, 0) is 11.2 Å². The second-order valence-corrected chi connectivity index (χ2v) is 7.18. The Morgan fingerprint density at radius 3 is 2.41 bits per heavy atom. The van der Waals surface area contributed by atoms with Gasteiger partial charge in [0.1, 0.15) is 11.5 Å². The van der Waals surface area contributed by atoms with Crippen LogP contribution in [0.25, 0.3) is 0 Å². The SMILES string of the molecule is COc1cc(OC)cc(C(=O)Nc2nc(CC(=O)N3CCCCC3)cs2)c1. The highest BCUT2D eigenvalue weighted by atomic mass is 32.1. The highest BCUT2D eigenvalue weighted by molar-refractivity contribution is 7.14. The monoisotopic (exact) mass is 389 g/mol. The second kappa shape index (κ2) is 8.85. The number of amides is 2. The number of hydrogen-bond donors (Lipinski definition) is 1. The zero-order valence-corrected chi connectivity index (χ0v) is 16.3. The van der Waals surface area contributed by atoms with Gasteiger partial charge in [-0.05, 0) is 31.4 Å². The van der Waals surface area contributed by atoms with Crippen molar-refractivity contribution in [3.05, 3.63) is 34.8 Å². The molecule has 8 heteroatoms. The van der Waals surface area contributed by atoms with Crippen molar-refractivity contribution in [3.63, 3.8) is 0 Å². The van der Waals surface area contributed by atoms with Crippen LogP contribution in [-0.4, -0.2) is 49.0 Å². The van der Waals surface area contributed by atoms with Crippen molar-refractivity contribution < 1.29 is 19.1 Å². The first-order chi connectivity index (χ1) is 13.1. The van der Waals surface area contributed by atoms with Crippen molar-refractivity contribution in [2.24, 2.45) is 0 Å². The molecule has 27 heavy (non-hydrogen) atoms. The lowest BCUT2D eigenvalue weighted by Gasteiger charge is -2.26. The first kappa shape index (κ1) is 19.2. The first-order valence-electron chi connectivity index (χ1n) is 8.85. The van der Waals surface area contributed by atoms with Crippen LogP contribution in [0.2, 0.25) is 0 Å². The molecule has 0 spiro atoms. The number of benzene rings is 1. The molecular weight excluding hydrogens is 366 g/mol. The summed E-state index contributed by atoms with van der Waals surface area (Å²) in [6.45, 7) is 1.65. The standard InChI is InChI=1S/C19H23N3O4S/c1-25-15-8-13(9-16(11-15)26-2)18(24)21-19-20-14(12-27-19)10-17(23)22-6-4-3-5-7-22/h8-9,11-12H,3-7,10H2,1-2H3,(H,20,21,24). The van der Waals surface area contributed by atoms with Gasteiger partial charge in [-0.2, -0.15) is 0 Å². The number of hydrogen-bond acceptors (Lipinski definition) is 6. The molecular formula is C19H23N3O4S. The molecule has 0 saturated carbocycles.